The molecular weight excluding hydrogens is 174 g/mol. The first-order valence-electron chi connectivity index (χ1n) is 5.23. The summed E-state index contributed by atoms with van der Waals surface area (Å²) in [7, 11) is 0. The molecule has 1 saturated heterocycles. The fraction of sp³-hybridized carbons (Fsp3) is 0.545. The van der Waals surface area contributed by atoms with E-state index >= 15 is 0 Å². The van der Waals surface area contributed by atoms with E-state index in [1.165, 1.54) is 12.8 Å². The maximum Gasteiger partial charge on any atom is 0.151 e. The van der Waals surface area contributed by atoms with Gasteiger partial charge in [0.05, 0.1) is 5.69 Å². The van der Waals surface area contributed by atoms with Crippen molar-refractivity contribution in [2.24, 2.45) is 5.92 Å². The Morgan fingerprint density at radius 3 is 3.14 bits per heavy atom. The van der Waals surface area contributed by atoms with Crippen LogP contribution in [0.5, 0.6) is 0 Å². The summed E-state index contributed by atoms with van der Waals surface area (Å²) >= 11 is 0. The summed E-state index contributed by atoms with van der Waals surface area (Å²) in [6, 6.07) is 3.80. The number of nitrogen functional groups attached to an aromatic ring is 1. The van der Waals surface area contributed by atoms with E-state index in [1.807, 2.05) is 18.3 Å². The molecule has 0 radical (unpaired) electrons. The van der Waals surface area contributed by atoms with E-state index in [0.29, 0.717) is 0 Å². The van der Waals surface area contributed by atoms with Crippen LogP contribution in [0.15, 0.2) is 18.3 Å². The van der Waals surface area contributed by atoms with Crippen LogP contribution in [0.4, 0.5) is 11.5 Å². The van der Waals surface area contributed by atoms with Gasteiger partial charge in [-0.1, -0.05) is 6.92 Å². The summed E-state index contributed by atoms with van der Waals surface area (Å²) in [5.74, 6) is 1.71. The lowest BCUT2D eigenvalue weighted by atomic mass is 10.0. The molecule has 2 N–H and O–H groups in total. The van der Waals surface area contributed by atoms with Gasteiger partial charge in [0.2, 0.25) is 0 Å². The Bertz CT molecular complexity index is 311. The van der Waals surface area contributed by atoms with Gasteiger partial charge in [0.25, 0.3) is 0 Å². The molecule has 2 rings (SSSR count). The number of hydrogen-bond acceptors (Lipinski definition) is 3. The van der Waals surface area contributed by atoms with Crippen LogP contribution in [0, 0.1) is 5.92 Å². The van der Waals surface area contributed by atoms with Crippen molar-refractivity contribution in [1.29, 1.82) is 0 Å². The summed E-state index contributed by atoms with van der Waals surface area (Å²) in [5, 5.41) is 0. The monoisotopic (exact) mass is 191 g/mol. The summed E-state index contributed by atoms with van der Waals surface area (Å²) in [5.41, 5.74) is 6.69. The largest absolute Gasteiger partial charge is 0.396 e. The smallest absolute Gasteiger partial charge is 0.151 e. The van der Waals surface area contributed by atoms with E-state index in [9.17, 15) is 0 Å². The summed E-state index contributed by atoms with van der Waals surface area (Å²) in [6.07, 6.45) is 4.38. The normalized spacial score (nSPS) is 22.4. The second-order valence-corrected chi connectivity index (χ2v) is 4.11. The molecular formula is C11H17N3. The van der Waals surface area contributed by atoms with Gasteiger partial charge in [-0.3, -0.25) is 0 Å². The summed E-state index contributed by atoms with van der Waals surface area (Å²) in [4.78, 5) is 6.63. The first kappa shape index (κ1) is 9.31. The number of rotatable bonds is 1. The molecule has 14 heavy (non-hydrogen) atoms. The van der Waals surface area contributed by atoms with Crippen molar-refractivity contribution in [2.75, 3.05) is 23.7 Å². The summed E-state index contributed by atoms with van der Waals surface area (Å²) < 4.78 is 0. The molecule has 1 aromatic heterocycles. The van der Waals surface area contributed by atoms with Crippen molar-refractivity contribution in [2.45, 2.75) is 19.8 Å². The highest BCUT2D eigenvalue weighted by atomic mass is 15.2. The fourth-order valence-corrected chi connectivity index (χ4v) is 2.06. The van der Waals surface area contributed by atoms with Crippen LogP contribution in [0.3, 0.4) is 0 Å². The Kier molecular flexibility index (Phi) is 2.57. The van der Waals surface area contributed by atoms with Gasteiger partial charge < -0.3 is 10.6 Å². The molecule has 1 atom stereocenters. The van der Waals surface area contributed by atoms with Crippen molar-refractivity contribution >= 4 is 11.5 Å². The standard InChI is InChI=1S/C11H17N3/c1-9-4-3-7-14(8-9)11-10(12)5-2-6-13-11/h2,5-6,9H,3-4,7-8,12H2,1H3/t9-/m1/s1. The van der Waals surface area contributed by atoms with Crippen molar-refractivity contribution in [1.82, 2.24) is 4.98 Å². The van der Waals surface area contributed by atoms with Crippen molar-refractivity contribution in [3.05, 3.63) is 18.3 Å². The van der Waals surface area contributed by atoms with Gasteiger partial charge in [-0.25, -0.2) is 4.98 Å². The highest BCUT2D eigenvalue weighted by molar-refractivity contribution is 5.62. The van der Waals surface area contributed by atoms with Crippen molar-refractivity contribution in [3.63, 3.8) is 0 Å². The minimum atomic E-state index is 0.755. The quantitative estimate of drug-likeness (QED) is 0.737. The Morgan fingerprint density at radius 2 is 2.43 bits per heavy atom. The van der Waals surface area contributed by atoms with E-state index in [1.54, 1.807) is 0 Å². The molecule has 3 nitrogen and oxygen atoms in total. The molecule has 1 aliphatic rings. The highest BCUT2D eigenvalue weighted by Gasteiger charge is 2.18. The van der Waals surface area contributed by atoms with E-state index < -0.39 is 0 Å². The van der Waals surface area contributed by atoms with Gasteiger partial charge in [0.15, 0.2) is 5.82 Å². The third-order valence-corrected chi connectivity index (χ3v) is 2.77. The van der Waals surface area contributed by atoms with Gasteiger partial charge in [0.1, 0.15) is 0 Å². The Balaban J connectivity index is 2.18. The predicted octanol–water partition coefficient (Wildman–Crippen LogP) is 1.90. The molecule has 0 aromatic carbocycles. The maximum absolute atomic E-state index is 5.89. The van der Waals surface area contributed by atoms with Crippen LogP contribution in [0.1, 0.15) is 19.8 Å². The second kappa shape index (κ2) is 3.86. The molecule has 3 heteroatoms. The number of hydrogen-bond donors (Lipinski definition) is 1. The molecule has 1 fully saturated rings. The van der Waals surface area contributed by atoms with Crippen LogP contribution in [-0.4, -0.2) is 18.1 Å². The van der Waals surface area contributed by atoms with Gasteiger partial charge >= 0.3 is 0 Å². The predicted molar refractivity (Wildman–Crippen MR) is 59.3 cm³/mol. The van der Waals surface area contributed by atoms with Gasteiger partial charge in [-0.15, -0.1) is 0 Å². The minimum absolute atomic E-state index is 0.755. The number of nitrogens with two attached hydrogens (primary N) is 1. The Morgan fingerprint density at radius 1 is 1.57 bits per heavy atom. The van der Waals surface area contributed by atoms with Crippen LogP contribution >= 0.6 is 0 Å². The molecule has 1 aliphatic heterocycles. The highest BCUT2D eigenvalue weighted by Crippen LogP contribution is 2.25. The zero-order valence-electron chi connectivity index (χ0n) is 8.61. The topological polar surface area (TPSA) is 42.2 Å². The SMILES string of the molecule is C[C@@H]1CCCN(c2ncccc2N)C1. The van der Waals surface area contributed by atoms with Gasteiger partial charge in [-0.2, -0.15) is 0 Å². The molecule has 0 unspecified atom stereocenters. The molecule has 0 bridgehead atoms. The maximum atomic E-state index is 5.89. The second-order valence-electron chi connectivity index (χ2n) is 4.11. The van der Waals surface area contributed by atoms with E-state index in [4.69, 9.17) is 5.73 Å². The molecule has 0 spiro atoms. The number of anilines is 2. The van der Waals surface area contributed by atoms with E-state index in [0.717, 1.165) is 30.5 Å². The molecule has 76 valence electrons. The Labute approximate surface area is 84.9 Å². The van der Waals surface area contributed by atoms with Crippen LogP contribution in [-0.2, 0) is 0 Å². The third-order valence-electron chi connectivity index (χ3n) is 2.77. The zero-order chi connectivity index (χ0) is 9.97. The molecule has 2 heterocycles. The number of piperidine rings is 1. The number of aromatic nitrogens is 1. The third kappa shape index (κ3) is 1.81. The van der Waals surface area contributed by atoms with Crippen molar-refractivity contribution in [3.8, 4) is 0 Å². The summed E-state index contributed by atoms with van der Waals surface area (Å²) in [6.45, 7) is 4.46. The van der Waals surface area contributed by atoms with Crippen LogP contribution < -0.4 is 10.6 Å². The van der Waals surface area contributed by atoms with Crippen LogP contribution in [0.2, 0.25) is 0 Å². The number of pyridine rings is 1. The lowest BCUT2D eigenvalue weighted by molar-refractivity contribution is 0.445. The fourth-order valence-electron chi connectivity index (χ4n) is 2.06. The zero-order valence-corrected chi connectivity index (χ0v) is 8.61. The lowest BCUT2D eigenvalue weighted by Gasteiger charge is -2.32. The molecule has 0 aliphatic carbocycles. The number of nitrogens with zero attached hydrogens (tertiary/aromatic N) is 2. The average molecular weight is 191 g/mol. The van der Waals surface area contributed by atoms with Gasteiger partial charge in [0, 0.05) is 19.3 Å². The van der Waals surface area contributed by atoms with E-state index in [-0.39, 0.29) is 0 Å². The molecule has 0 saturated carbocycles. The average Bonchev–Trinajstić information content (AvgIpc) is 2.18. The Hall–Kier alpha value is -1.25. The van der Waals surface area contributed by atoms with Crippen LogP contribution in [0.25, 0.3) is 0 Å². The first-order chi connectivity index (χ1) is 6.77. The van der Waals surface area contributed by atoms with Crippen molar-refractivity contribution < 1.29 is 0 Å². The molecule has 0 amide bonds. The van der Waals surface area contributed by atoms with Gasteiger partial charge in [-0.05, 0) is 30.9 Å². The first-order valence-corrected chi connectivity index (χ1v) is 5.23. The lowest BCUT2D eigenvalue weighted by Crippen LogP contribution is -2.35. The molecule has 1 aromatic rings. The van der Waals surface area contributed by atoms with E-state index in [2.05, 4.69) is 16.8 Å². The minimum Gasteiger partial charge on any atom is -0.396 e.